The summed E-state index contributed by atoms with van der Waals surface area (Å²) in [7, 11) is 0. The maximum atomic E-state index is 12.4. The Balaban J connectivity index is 1.70. The van der Waals surface area contributed by atoms with Gasteiger partial charge in [-0.05, 0) is 32.6 Å². The van der Waals surface area contributed by atoms with Crippen LogP contribution in [-0.2, 0) is 9.53 Å². The Morgan fingerprint density at radius 3 is 2.62 bits per heavy atom. The zero-order valence-electron chi connectivity index (χ0n) is 14.0. The number of aryl methyl sites for hydroxylation is 2. The van der Waals surface area contributed by atoms with Crippen LogP contribution in [0, 0.1) is 19.8 Å². The van der Waals surface area contributed by atoms with E-state index in [1.807, 2.05) is 6.92 Å². The van der Waals surface area contributed by atoms with Crippen LogP contribution in [0.25, 0.3) is 11.3 Å². The second kappa shape index (κ2) is 7.42. The molecule has 3 N–H and O–H groups in total. The normalized spacial score (nSPS) is 16.8. The number of aromatic nitrogens is 1. The summed E-state index contributed by atoms with van der Waals surface area (Å²) < 4.78 is 5.33. The van der Waals surface area contributed by atoms with Crippen molar-refractivity contribution in [2.24, 2.45) is 11.7 Å². The molecule has 1 unspecified atom stereocenters. The summed E-state index contributed by atoms with van der Waals surface area (Å²) in [5.74, 6) is 0.0162. The number of amides is 1. The quantitative estimate of drug-likeness (QED) is 0.892. The monoisotopic (exact) mass is 345 g/mol. The van der Waals surface area contributed by atoms with Crippen molar-refractivity contribution in [3.8, 4) is 11.3 Å². The van der Waals surface area contributed by atoms with Crippen molar-refractivity contribution in [3.63, 3.8) is 0 Å². The van der Waals surface area contributed by atoms with E-state index in [2.05, 4.69) is 41.5 Å². The molecule has 6 heteroatoms. The Hall–Kier alpha value is -1.76. The third-order valence-corrected chi connectivity index (χ3v) is 5.31. The van der Waals surface area contributed by atoms with Crippen LogP contribution in [0.15, 0.2) is 24.3 Å². The molecule has 0 saturated carbocycles. The maximum Gasteiger partial charge on any atom is 0.243 e. The number of rotatable bonds is 4. The molecule has 0 radical (unpaired) electrons. The Morgan fingerprint density at radius 2 is 1.96 bits per heavy atom. The largest absolute Gasteiger partial charge is 0.381 e. The Bertz CT molecular complexity index is 706. The van der Waals surface area contributed by atoms with E-state index < -0.39 is 6.04 Å². The fourth-order valence-electron chi connectivity index (χ4n) is 2.91. The molecule has 0 spiro atoms. The molecule has 1 aliphatic heterocycles. The fraction of sp³-hybridized carbons (Fsp3) is 0.444. The summed E-state index contributed by atoms with van der Waals surface area (Å²) in [5, 5.41) is 3.49. The minimum absolute atomic E-state index is 0.161. The van der Waals surface area contributed by atoms with Gasteiger partial charge in [0.1, 0.15) is 0 Å². The average molecular weight is 345 g/mol. The average Bonchev–Trinajstić information content (AvgIpc) is 2.96. The van der Waals surface area contributed by atoms with Crippen molar-refractivity contribution in [2.75, 3.05) is 18.5 Å². The first kappa shape index (κ1) is 17.1. The number of carbonyl (C=O) groups excluding carboxylic acids is 1. The van der Waals surface area contributed by atoms with Gasteiger partial charge in [-0.25, -0.2) is 4.98 Å². The van der Waals surface area contributed by atoms with Gasteiger partial charge in [0.05, 0.1) is 11.7 Å². The number of nitrogens with one attached hydrogen (secondary N) is 1. The maximum absolute atomic E-state index is 12.4. The molecule has 2 heterocycles. The minimum atomic E-state index is -0.513. The smallest absolute Gasteiger partial charge is 0.243 e. The van der Waals surface area contributed by atoms with Gasteiger partial charge >= 0.3 is 0 Å². The first-order valence-electron chi connectivity index (χ1n) is 8.23. The number of hydrogen-bond donors (Lipinski definition) is 2. The van der Waals surface area contributed by atoms with Crippen LogP contribution in [0.4, 0.5) is 5.13 Å². The van der Waals surface area contributed by atoms with Crippen LogP contribution in [0.2, 0.25) is 0 Å². The molecule has 24 heavy (non-hydrogen) atoms. The van der Waals surface area contributed by atoms with E-state index in [1.165, 1.54) is 16.9 Å². The topological polar surface area (TPSA) is 77.2 Å². The minimum Gasteiger partial charge on any atom is -0.381 e. The molecule has 1 amide bonds. The Labute approximate surface area is 146 Å². The summed E-state index contributed by atoms with van der Waals surface area (Å²) in [6, 6.07) is 7.72. The number of benzene rings is 1. The number of nitrogens with zero attached hydrogens (tertiary/aromatic N) is 1. The van der Waals surface area contributed by atoms with Gasteiger partial charge in [-0.2, -0.15) is 0 Å². The van der Waals surface area contributed by atoms with E-state index >= 15 is 0 Å². The van der Waals surface area contributed by atoms with Gasteiger partial charge in [0.15, 0.2) is 5.13 Å². The van der Waals surface area contributed by atoms with Gasteiger partial charge in [0.2, 0.25) is 5.91 Å². The zero-order valence-corrected chi connectivity index (χ0v) is 14.9. The lowest BCUT2D eigenvalue weighted by Crippen LogP contribution is -2.43. The van der Waals surface area contributed by atoms with Crippen LogP contribution < -0.4 is 11.1 Å². The molecule has 2 aromatic rings. The second-order valence-electron chi connectivity index (χ2n) is 6.25. The highest BCUT2D eigenvalue weighted by Gasteiger charge is 2.27. The Kier molecular flexibility index (Phi) is 5.28. The van der Waals surface area contributed by atoms with Gasteiger partial charge in [-0.15, -0.1) is 11.3 Å². The van der Waals surface area contributed by atoms with Gasteiger partial charge in [0, 0.05) is 23.7 Å². The SMILES string of the molecule is Cc1ccc(-c2nc(NC(=O)C(N)C3CCOCC3)sc2C)cc1. The summed E-state index contributed by atoms with van der Waals surface area (Å²) in [6.07, 6.45) is 1.67. The number of anilines is 1. The van der Waals surface area contributed by atoms with Gasteiger partial charge < -0.3 is 15.8 Å². The predicted molar refractivity (Wildman–Crippen MR) is 97.2 cm³/mol. The molecular weight excluding hydrogens is 322 g/mol. The molecule has 3 rings (SSSR count). The summed E-state index contributed by atoms with van der Waals surface area (Å²) in [4.78, 5) is 18.1. The van der Waals surface area contributed by atoms with Crippen molar-refractivity contribution in [1.29, 1.82) is 0 Å². The van der Waals surface area contributed by atoms with Crippen molar-refractivity contribution < 1.29 is 9.53 Å². The van der Waals surface area contributed by atoms with Gasteiger partial charge in [0.25, 0.3) is 0 Å². The number of carbonyl (C=O) groups is 1. The molecule has 128 valence electrons. The van der Waals surface area contributed by atoms with Crippen LogP contribution in [0.1, 0.15) is 23.3 Å². The lowest BCUT2D eigenvalue weighted by Gasteiger charge is -2.26. The van der Waals surface area contributed by atoms with Crippen LogP contribution in [0.3, 0.4) is 0 Å². The molecule has 1 saturated heterocycles. The van der Waals surface area contributed by atoms with E-state index in [4.69, 9.17) is 10.5 Å². The number of hydrogen-bond acceptors (Lipinski definition) is 5. The van der Waals surface area contributed by atoms with Crippen molar-refractivity contribution in [2.45, 2.75) is 32.7 Å². The summed E-state index contributed by atoms with van der Waals surface area (Å²) in [5.41, 5.74) is 9.30. The second-order valence-corrected chi connectivity index (χ2v) is 7.46. The van der Waals surface area contributed by atoms with Crippen molar-refractivity contribution >= 4 is 22.4 Å². The fourth-order valence-corrected chi connectivity index (χ4v) is 3.75. The lowest BCUT2D eigenvalue weighted by molar-refractivity contribution is -0.119. The van der Waals surface area contributed by atoms with Gasteiger partial charge in [-0.1, -0.05) is 29.8 Å². The summed E-state index contributed by atoms with van der Waals surface area (Å²) in [6.45, 7) is 5.43. The molecule has 0 aliphatic carbocycles. The van der Waals surface area contributed by atoms with E-state index in [9.17, 15) is 4.79 Å². The number of thiazole rings is 1. The first-order valence-corrected chi connectivity index (χ1v) is 9.05. The predicted octanol–water partition coefficient (Wildman–Crippen LogP) is 3.12. The van der Waals surface area contributed by atoms with E-state index in [1.54, 1.807) is 0 Å². The molecule has 5 nitrogen and oxygen atoms in total. The molecular formula is C18H23N3O2S. The highest BCUT2D eigenvalue weighted by Crippen LogP contribution is 2.31. The zero-order chi connectivity index (χ0) is 17.1. The first-order chi connectivity index (χ1) is 11.5. The molecule has 1 aliphatic rings. The highest BCUT2D eigenvalue weighted by molar-refractivity contribution is 7.16. The molecule has 1 atom stereocenters. The van der Waals surface area contributed by atoms with Gasteiger partial charge in [-0.3, -0.25) is 4.79 Å². The van der Waals surface area contributed by atoms with E-state index in [0.717, 1.165) is 29.0 Å². The lowest BCUT2D eigenvalue weighted by atomic mass is 9.92. The van der Waals surface area contributed by atoms with Crippen LogP contribution in [-0.4, -0.2) is 30.1 Å². The third-order valence-electron chi connectivity index (χ3n) is 4.43. The number of nitrogens with two attached hydrogens (primary N) is 1. The molecule has 1 aromatic heterocycles. The molecule has 1 fully saturated rings. The van der Waals surface area contributed by atoms with Crippen molar-refractivity contribution in [3.05, 3.63) is 34.7 Å². The van der Waals surface area contributed by atoms with E-state index in [-0.39, 0.29) is 11.8 Å². The highest BCUT2D eigenvalue weighted by atomic mass is 32.1. The van der Waals surface area contributed by atoms with E-state index in [0.29, 0.717) is 18.3 Å². The van der Waals surface area contributed by atoms with Crippen LogP contribution in [0.5, 0.6) is 0 Å². The molecule has 0 bridgehead atoms. The van der Waals surface area contributed by atoms with Crippen LogP contribution >= 0.6 is 11.3 Å². The van der Waals surface area contributed by atoms with Crippen molar-refractivity contribution in [1.82, 2.24) is 4.98 Å². The standard InChI is InChI=1S/C18H23N3O2S/c1-11-3-5-14(6-4-11)16-12(2)24-18(20-16)21-17(22)15(19)13-7-9-23-10-8-13/h3-6,13,15H,7-10,19H2,1-2H3,(H,20,21,22). The third kappa shape index (κ3) is 3.83. The molecule has 1 aromatic carbocycles. The number of ether oxygens (including phenoxy) is 1. The summed E-state index contributed by atoms with van der Waals surface area (Å²) >= 11 is 1.48. The Morgan fingerprint density at radius 1 is 1.29 bits per heavy atom.